The fourth-order valence-electron chi connectivity index (χ4n) is 1.58. The van der Waals surface area contributed by atoms with E-state index in [2.05, 4.69) is 46.4 Å². The topological polar surface area (TPSA) is 14.1 Å². The second-order valence-electron chi connectivity index (χ2n) is 3.16. The van der Waals surface area contributed by atoms with Gasteiger partial charge in [-0.1, -0.05) is 12.1 Å². The van der Waals surface area contributed by atoms with Gasteiger partial charge >= 0.3 is 0 Å². The minimum absolute atomic E-state index is 1.10. The minimum Gasteiger partial charge on any atom is -0.255 e. The number of hydrogen-bond donors (Lipinski definition) is 0. The van der Waals surface area contributed by atoms with Crippen molar-refractivity contribution in [2.75, 3.05) is 0 Å². The number of rotatable bonds is 2. The molecule has 73 valence electrons. The molecule has 0 aliphatic carbocycles. The third-order valence-electron chi connectivity index (χ3n) is 2.24. The Bertz CT molecular complexity index is 504. The number of allylic oxidation sites excluding steroid dienone is 2. The van der Waals surface area contributed by atoms with Crippen LogP contribution >= 0.6 is 22.7 Å². The highest BCUT2D eigenvalue weighted by Gasteiger charge is 2.15. The lowest BCUT2D eigenvalue weighted by Crippen LogP contribution is -1.90. The summed E-state index contributed by atoms with van der Waals surface area (Å²) in [7, 11) is 0. The van der Waals surface area contributed by atoms with Gasteiger partial charge in [-0.3, -0.25) is 5.32 Å². The van der Waals surface area contributed by atoms with Crippen molar-refractivity contribution in [3.05, 3.63) is 57.1 Å². The van der Waals surface area contributed by atoms with Crippen LogP contribution in [-0.4, -0.2) is 0 Å². The van der Waals surface area contributed by atoms with E-state index in [0.29, 0.717) is 0 Å². The highest BCUT2D eigenvalue weighted by molar-refractivity contribution is 7.12. The van der Waals surface area contributed by atoms with E-state index >= 15 is 0 Å². The Hall–Kier alpha value is -1.32. The van der Waals surface area contributed by atoms with Crippen LogP contribution in [0, 0.1) is 0 Å². The predicted molar refractivity (Wildman–Crippen MR) is 66.7 cm³/mol. The Kier molecular flexibility index (Phi) is 2.19. The van der Waals surface area contributed by atoms with E-state index in [1.807, 2.05) is 6.20 Å². The quantitative estimate of drug-likeness (QED) is 0.745. The third kappa shape index (κ3) is 1.54. The van der Waals surface area contributed by atoms with Gasteiger partial charge in [0.25, 0.3) is 0 Å². The second kappa shape index (κ2) is 3.68. The van der Waals surface area contributed by atoms with Gasteiger partial charge in [0.05, 0.1) is 10.6 Å². The number of thiophene rings is 2. The molecule has 0 aromatic carbocycles. The fraction of sp³-hybridized carbons (Fsp3) is 0. The molecule has 15 heavy (non-hydrogen) atoms. The smallest absolute Gasteiger partial charge is 0.0888 e. The first-order valence-electron chi connectivity index (χ1n) is 4.64. The molecule has 3 heteroatoms. The Morgan fingerprint density at radius 2 is 1.67 bits per heavy atom. The van der Waals surface area contributed by atoms with Crippen molar-refractivity contribution < 1.29 is 0 Å². The van der Waals surface area contributed by atoms with Gasteiger partial charge in [0.2, 0.25) is 0 Å². The number of nitrogens with zero attached hydrogens (tertiary/aromatic N) is 1. The van der Waals surface area contributed by atoms with Crippen molar-refractivity contribution in [1.29, 1.82) is 0 Å². The maximum atomic E-state index is 4.43. The first-order chi connectivity index (χ1) is 7.45. The molecule has 1 aliphatic rings. The van der Waals surface area contributed by atoms with Crippen LogP contribution in [0.3, 0.4) is 0 Å². The van der Waals surface area contributed by atoms with Gasteiger partial charge in [0.15, 0.2) is 0 Å². The van der Waals surface area contributed by atoms with E-state index in [1.165, 1.54) is 15.3 Å². The molecule has 0 N–H and O–H groups in total. The summed E-state index contributed by atoms with van der Waals surface area (Å²) in [5.74, 6) is 0. The van der Waals surface area contributed by atoms with Crippen molar-refractivity contribution in [3.8, 4) is 0 Å². The maximum Gasteiger partial charge on any atom is 0.0888 e. The van der Waals surface area contributed by atoms with E-state index < -0.39 is 0 Å². The summed E-state index contributed by atoms with van der Waals surface area (Å²) in [4.78, 5) is 2.53. The first-order valence-corrected chi connectivity index (χ1v) is 6.40. The molecule has 0 fully saturated rings. The monoisotopic (exact) mass is 230 g/mol. The molecule has 1 nitrogen and oxygen atoms in total. The third-order valence-corrected chi connectivity index (χ3v) is 4.02. The van der Waals surface area contributed by atoms with E-state index in [1.54, 1.807) is 22.7 Å². The van der Waals surface area contributed by atoms with Crippen LogP contribution in [0.5, 0.6) is 0 Å². The molecule has 3 rings (SSSR count). The van der Waals surface area contributed by atoms with Crippen LogP contribution < -0.4 is 5.32 Å². The van der Waals surface area contributed by atoms with Crippen molar-refractivity contribution in [2.24, 2.45) is 0 Å². The summed E-state index contributed by atoms with van der Waals surface area (Å²) >= 11 is 3.49. The van der Waals surface area contributed by atoms with Crippen LogP contribution in [-0.2, 0) is 0 Å². The van der Waals surface area contributed by atoms with Gasteiger partial charge in [-0.2, -0.15) is 0 Å². The summed E-state index contributed by atoms with van der Waals surface area (Å²) in [6.07, 6.45) is 3.96. The normalized spacial score (nSPS) is 14.7. The molecule has 2 aromatic heterocycles. The fourth-order valence-corrected chi connectivity index (χ4v) is 3.06. The van der Waals surface area contributed by atoms with Crippen LogP contribution in [0.25, 0.3) is 11.3 Å². The van der Waals surface area contributed by atoms with Crippen LogP contribution in [0.2, 0.25) is 0 Å². The summed E-state index contributed by atoms with van der Waals surface area (Å²) < 4.78 is 0. The second-order valence-corrected chi connectivity index (χ2v) is 5.06. The van der Waals surface area contributed by atoms with Crippen molar-refractivity contribution >= 4 is 33.9 Å². The molecule has 0 saturated carbocycles. The van der Waals surface area contributed by atoms with E-state index in [9.17, 15) is 0 Å². The Morgan fingerprint density at radius 1 is 0.933 bits per heavy atom. The molecular formula is C12H8NS2. The predicted octanol–water partition coefficient (Wildman–Crippen LogP) is 3.81. The molecule has 0 spiro atoms. The lowest BCUT2D eigenvalue weighted by molar-refractivity contribution is 1.24. The SMILES string of the molecule is C1=CC(c2cccs2)=C(c2cccs2)[N]1. The largest absolute Gasteiger partial charge is 0.255 e. The van der Waals surface area contributed by atoms with Gasteiger partial charge in [-0.05, 0) is 29.0 Å². The summed E-state index contributed by atoms with van der Waals surface area (Å²) in [6, 6.07) is 8.39. The maximum absolute atomic E-state index is 4.43. The molecule has 3 heterocycles. The van der Waals surface area contributed by atoms with Gasteiger partial charge in [0, 0.05) is 16.7 Å². The molecule has 0 amide bonds. The lowest BCUT2D eigenvalue weighted by atomic mass is 10.1. The molecule has 2 aromatic rings. The van der Waals surface area contributed by atoms with Gasteiger partial charge in [0.1, 0.15) is 0 Å². The summed E-state index contributed by atoms with van der Waals surface area (Å²) in [5, 5.41) is 8.61. The zero-order valence-electron chi connectivity index (χ0n) is 7.88. The van der Waals surface area contributed by atoms with Crippen molar-refractivity contribution in [2.45, 2.75) is 0 Å². The van der Waals surface area contributed by atoms with Crippen LogP contribution in [0.1, 0.15) is 9.75 Å². The lowest BCUT2D eigenvalue weighted by Gasteiger charge is -2.01. The van der Waals surface area contributed by atoms with Crippen molar-refractivity contribution in [1.82, 2.24) is 5.32 Å². The average molecular weight is 230 g/mol. The molecule has 0 atom stereocenters. The first kappa shape index (κ1) is 8.95. The highest BCUT2D eigenvalue weighted by atomic mass is 32.1. The molecule has 0 unspecified atom stereocenters. The molecule has 1 radical (unpaired) electrons. The minimum atomic E-state index is 1.10. The summed E-state index contributed by atoms with van der Waals surface area (Å²) in [6.45, 7) is 0. The molecular weight excluding hydrogens is 222 g/mol. The standard InChI is InChI=1S/C12H8NS2/c1-3-10(14-7-1)9-5-6-13-12(9)11-4-2-8-15-11/h1-8H. The molecule has 0 bridgehead atoms. The Labute approximate surface area is 96.4 Å². The van der Waals surface area contributed by atoms with E-state index in [0.717, 1.165) is 5.70 Å². The Balaban J connectivity index is 2.11. The van der Waals surface area contributed by atoms with Crippen LogP contribution in [0.4, 0.5) is 0 Å². The highest BCUT2D eigenvalue weighted by Crippen LogP contribution is 2.34. The molecule has 1 aliphatic heterocycles. The summed E-state index contributed by atoms with van der Waals surface area (Å²) in [5.41, 5.74) is 2.35. The Morgan fingerprint density at radius 3 is 2.33 bits per heavy atom. The van der Waals surface area contributed by atoms with Gasteiger partial charge in [-0.15, -0.1) is 22.7 Å². The number of hydrogen-bond acceptors (Lipinski definition) is 2. The van der Waals surface area contributed by atoms with Gasteiger partial charge < -0.3 is 0 Å². The van der Waals surface area contributed by atoms with E-state index in [-0.39, 0.29) is 0 Å². The van der Waals surface area contributed by atoms with E-state index in [4.69, 9.17) is 0 Å². The zero-order valence-corrected chi connectivity index (χ0v) is 9.52. The van der Waals surface area contributed by atoms with Gasteiger partial charge in [-0.25, -0.2) is 0 Å². The zero-order chi connectivity index (χ0) is 10.1. The van der Waals surface area contributed by atoms with Crippen LogP contribution in [0.15, 0.2) is 47.3 Å². The van der Waals surface area contributed by atoms with Crippen molar-refractivity contribution in [3.63, 3.8) is 0 Å². The molecule has 0 saturated heterocycles. The average Bonchev–Trinajstić information content (AvgIpc) is 3.01.